The molecule has 0 bridgehead atoms. The normalized spacial score (nSPS) is 19.6. The summed E-state index contributed by atoms with van der Waals surface area (Å²) < 4.78 is 12.7. The number of carboxylic acid groups (broad SMARTS) is 1. The van der Waals surface area contributed by atoms with Crippen LogP contribution in [0.5, 0.6) is 0 Å². The van der Waals surface area contributed by atoms with Gasteiger partial charge >= 0.3 is 5.97 Å². The van der Waals surface area contributed by atoms with Crippen LogP contribution in [0.3, 0.4) is 0 Å². The lowest BCUT2D eigenvalue weighted by atomic mass is 10.2. The van der Waals surface area contributed by atoms with Gasteiger partial charge in [-0.15, -0.1) is 0 Å². The lowest BCUT2D eigenvalue weighted by Crippen LogP contribution is -2.50. The summed E-state index contributed by atoms with van der Waals surface area (Å²) in [5, 5.41) is 9.07. The Balaban J connectivity index is 2.20. The van der Waals surface area contributed by atoms with Crippen molar-refractivity contribution in [1.29, 1.82) is 0 Å². The Labute approximate surface area is 107 Å². The third-order valence-corrected chi connectivity index (χ3v) is 3.67. The fourth-order valence-electron chi connectivity index (χ4n) is 1.72. The van der Waals surface area contributed by atoms with E-state index in [1.165, 1.54) is 22.7 Å². The van der Waals surface area contributed by atoms with Gasteiger partial charge < -0.3 is 10.0 Å². The summed E-state index contributed by atoms with van der Waals surface area (Å²) in [6.45, 7) is 0.373. The van der Waals surface area contributed by atoms with Crippen LogP contribution in [0, 0.1) is 5.95 Å². The van der Waals surface area contributed by atoms with Crippen molar-refractivity contribution in [2.24, 2.45) is 0 Å². The van der Waals surface area contributed by atoms with Gasteiger partial charge in [-0.3, -0.25) is 4.79 Å². The fraction of sp³-hybridized carbons (Fsp3) is 0.364. The third-order valence-electron chi connectivity index (χ3n) is 2.65. The lowest BCUT2D eigenvalue weighted by molar-refractivity contribution is -0.141. The van der Waals surface area contributed by atoms with Gasteiger partial charge in [-0.2, -0.15) is 16.2 Å². The number of amides is 1. The van der Waals surface area contributed by atoms with E-state index in [9.17, 15) is 14.0 Å². The molecule has 0 aliphatic carbocycles. The Morgan fingerprint density at radius 1 is 1.50 bits per heavy atom. The highest BCUT2D eigenvalue weighted by Gasteiger charge is 2.32. The van der Waals surface area contributed by atoms with Gasteiger partial charge in [0, 0.05) is 24.2 Å². The number of nitrogens with zero attached hydrogens (tertiary/aromatic N) is 2. The van der Waals surface area contributed by atoms with Crippen molar-refractivity contribution in [2.45, 2.75) is 6.04 Å². The third kappa shape index (κ3) is 2.61. The molecular formula is C11H11FN2O3S. The van der Waals surface area contributed by atoms with Gasteiger partial charge in [0.25, 0.3) is 5.91 Å². The van der Waals surface area contributed by atoms with Crippen LogP contribution in [0.4, 0.5) is 4.39 Å². The minimum Gasteiger partial charge on any atom is -0.480 e. The van der Waals surface area contributed by atoms with Crippen LogP contribution in [0.25, 0.3) is 0 Å². The van der Waals surface area contributed by atoms with E-state index in [4.69, 9.17) is 5.11 Å². The zero-order chi connectivity index (χ0) is 13.1. The van der Waals surface area contributed by atoms with Gasteiger partial charge in [0.05, 0.1) is 5.56 Å². The molecule has 0 radical (unpaired) electrons. The Morgan fingerprint density at radius 3 is 2.89 bits per heavy atom. The number of carboxylic acids is 1. The molecule has 1 fully saturated rings. The second kappa shape index (κ2) is 5.34. The highest BCUT2D eigenvalue weighted by atomic mass is 32.2. The molecule has 0 saturated carbocycles. The van der Waals surface area contributed by atoms with Crippen LogP contribution in [-0.4, -0.2) is 51.0 Å². The number of hydrogen-bond donors (Lipinski definition) is 1. The lowest BCUT2D eigenvalue weighted by Gasteiger charge is -2.32. The summed E-state index contributed by atoms with van der Waals surface area (Å²) in [6, 6.07) is 1.56. The van der Waals surface area contributed by atoms with E-state index in [0.29, 0.717) is 18.1 Å². The molecule has 1 aromatic rings. The zero-order valence-corrected chi connectivity index (χ0v) is 10.2. The van der Waals surface area contributed by atoms with Crippen molar-refractivity contribution in [3.63, 3.8) is 0 Å². The molecule has 1 saturated heterocycles. The summed E-state index contributed by atoms with van der Waals surface area (Å²) in [7, 11) is 0. The van der Waals surface area contributed by atoms with Crippen molar-refractivity contribution >= 4 is 23.6 Å². The molecule has 2 rings (SSSR count). The zero-order valence-electron chi connectivity index (χ0n) is 9.38. The van der Waals surface area contributed by atoms with Gasteiger partial charge in [-0.25, -0.2) is 9.78 Å². The molecule has 0 aromatic carbocycles. The molecule has 1 aliphatic heterocycles. The number of carbonyl (C=O) groups is 2. The van der Waals surface area contributed by atoms with Crippen LogP contribution in [0.15, 0.2) is 18.3 Å². The molecule has 1 aromatic heterocycles. The molecule has 7 heteroatoms. The minimum absolute atomic E-state index is 0.203. The molecule has 0 spiro atoms. The number of halogens is 1. The average Bonchev–Trinajstić information content (AvgIpc) is 2.39. The molecule has 1 atom stereocenters. The van der Waals surface area contributed by atoms with Crippen LogP contribution in [0.2, 0.25) is 0 Å². The summed E-state index contributed by atoms with van der Waals surface area (Å²) in [5.41, 5.74) is 0.203. The number of hydrogen-bond acceptors (Lipinski definition) is 4. The molecule has 18 heavy (non-hydrogen) atoms. The van der Waals surface area contributed by atoms with E-state index < -0.39 is 23.9 Å². The number of thioether (sulfide) groups is 1. The van der Waals surface area contributed by atoms with E-state index in [1.807, 2.05) is 0 Å². The van der Waals surface area contributed by atoms with Crippen LogP contribution >= 0.6 is 11.8 Å². The number of rotatable bonds is 2. The second-order valence-electron chi connectivity index (χ2n) is 3.80. The first-order valence-electron chi connectivity index (χ1n) is 5.32. The van der Waals surface area contributed by atoms with Crippen LogP contribution in [0.1, 0.15) is 10.4 Å². The van der Waals surface area contributed by atoms with Gasteiger partial charge in [0.2, 0.25) is 5.95 Å². The Morgan fingerprint density at radius 2 is 2.28 bits per heavy atom. The van der Waals surface area contributed by atoms with Crippen molar-refractivity contribution in [3.8, 4) is 0 Å². The number of aromatic nitrogens is 1. The quantitative estimate of drug-likeness (QED) is 0.807. The highest BCUT2D eigenvalue weighted by Crippen LogP contribution is 2.19. The van der Waals surface area contributed by atoms with Crippen molar-refractivity contribution in [1.82, 2.24) is 9.88 Å². The topological polar surface area (TPSA) is 70.5 Å². The Bertz CT molecular complexity index is 466. The molecule has 5 nitrogen and oxygen atoms in total. The van der Waals surface area contributed by atoms with Gasteiger partial charge in [-0.05, 0) is 12.1 Å². The summed E-state index contributed by atoms with van der Waals surface area (Å²) in [6.07, 6.45) is 1.12. The van der Waals surface area contributed by atoms with Crippen LogP contribution < -0.4 is 0 Å². The molecule has 2 heterocycles. The van der Waals surface area contributed by atoms with Gasteiger partial charge in [-0.1, -0.05) is 0 Å². The maximum atomic E-state index is 12.7. The molecule has 1 N–H and O–H groups in total. The first kappa shape index (κ1) is 12.8. The van der Waals surface area contributed by atoms with E-state index in [2.05, 4.69) is 4.98 Å². The maximum Gasteiger partial charge on any atom is 0.327 e. The number of aliphatic carboxylic acids is 1. The van der Waals surface area contributed by atoms with Crippen molar-refractivity contribution < 1.29 is 19.1 Å². The summed E-state index contributed by atoms with van der Waals surface area (Å²) in [4.78, 5) is 27.9. The second-order valence-corrected chi connectivity index (χ2v) is 4.95. The van der Waals surface area contributed by atoms with E-state index >= 15 is 0 Å². The Kier molecular flexibility index (Phi) is 3.81. The summed E-state index contributed by atoms with van der Waals surface area (Å²) >= 11 is 1.50. The predicted octanol–water partition coefficient (Wildman–Crippen LogP) is 0.863. The highest BCUT2D eigenvalue weighted by molar-refractivity contribution is 7.99. The average molecular weight is 270 g/mol. The fourth-order valence-corrected chi connectivity index (χ4v) is 2.76. The van der Waals surface area contributed by atoms with E-state index in [-0.39, 0.29) is 5.56 Å². The molecule has 96 valence electrons. The first-order valence-corrected chi connectivity index (χ1v) is 6.48. The maximum absolute atomic E-state index is 12.7. The molecule has 1 amide bonds. The largest absolute Gasteiger partial charge is 0.480 e. The monoisotopic (exact) mass is 270 g/mol. The van der Waals surface area contributed by atoms with Gasteiger partial charge in [0.15, 0.2) is 0 Å². The van der Waals surface area contributed by atoms with Crippen molar-refractivity contribution in [2.75, 3.05) is 18.1 Å². The molecule has 1 aliphatic rings. The summed E-state index contributed by atoms with van der Waals surface area (Å²) in [5.74, 6) is -1.05. The SMILES string of the molecule is O=C(O)C1CSCCN1C(=O)c1ccc(F)nc1. The first-order chi connectivity index (χ1) is 8.59. The Hall–Kier alpha value is -1.63. The molecule has 1 unspecified atom stereocenters. The molecular weight excluding hydrogens is 259 g/mol. The van der Waals surface area contributed by atoms with Gasteiger partial charge in [0.1, 0.15) is 6.04 Å². The number of carbonyl (C=O) groups excluding carboxylic acids is 1. The van der Waals surface area contributed by atoms with Crippen molar-refractivity contribution in [3.05, 3.63) is 29.8 Å². The standard InChI is InChI=1S/C11H11FN2O3S/c12-9-2-1-7(5-13-9)10(15)14-3-4-18-6-8(14)11(16)17/h1-2,5,8H,3-4,6H2,(H,16,17). The van der Waals surface area contributed by atoms with E-state index in [1.54, 1.807) is 0 Å². The van der Waals surface area contributed by atoms with E-state index in [0.717, 1.165) is 12.3 Å². The smallest absolute Gasteiger partial charge is 0.327 e. The number of pyridine rings is 1. The van der Waals surface area contributed by atoms with Crippen LogP contribution in [-0.2, 0) is 4.79 Å². The minimum atomic E-state index is -1.02. The predicted molar refractivity (Wildman–Crippen MR) is 64.0 cm³/mol.